The predicted octanol–water partition coefficient (Wildman–Crippen LogP) is 2.84. The van der Waals surface area contributed by atoms with Crippen molar-refractivity contribution in [3.8, 4) is 0 Å². The molecule has 0 aliphatic carbocycles. The van der Waals surface area contributed by atoms with Crippen molar-refractivity contribution in [3.63, 3.8) is 0 Å². The van der Waals surface area contributed by atoms with Crippen molar-refractivity contribution in [1.82, 2.24) is 0 Å². The van der Waals surface area contributed by atoms with Gasteiger partial charge in [0.05, 0.1) is 6.61 Å². The third-order valence-electron chi connectivity index (χ3n) is 3.49. The third-order valence-corrected chi connectivity index (χ3v) is 3.49. The summed E-state index contributed by atoms with van der Waals surface area (Å²) in [6.07, 6.45) is 1.57. The second kappa shape index (κ2) is 5.81. The van der Waals surface area contributed by atoms with E-state index in [0.29, 0.717) is 12.0 Å². The third kappa shape index (κ3) is 3.53. The standard InChI is InChI=1S/C15H24FNO/c1-14(2,3)8-9-15(10-17,11-18)12-6-4-5-7-13(12)16/h4-7,18H,8-11,17H2,1-3H3. The van der Waals surface area contributed by atoms with Crippen molar-refractivity contribution in [3.05, 3.63) is 35.6 Å². The van der Waals surface area contributed by atoms with Crippen molar-refractivity contribution in [1.29, 1.82) is 0 Å². The molecule has 0 fully saturated rings. The van der Waals surface area contributed by atoms with Gasteiger partial charge in [0, 0.05) is 12.0 Å². The van der Waals surface area contributed by atoms with E-state index >= 15 is 0 Å². The monoisotopic (exact) mass is 253 g/mol. The van der Waals surface area contributed by atoms with Crippen molar-refractivity contribution < 1.29 is 9.50 Å². The number of aliphatic hydroxyl groups excluding tert-OH is 1. The van der Waals surface area contributed by atoms with Crippen LogP contribution in [-0.4, -0.2) is 18.3 Å². The van der Waals surface area contributed by atoms with E-state index in [-0.39, 0.29) is 24.4 Å². The van der Waals surface area contributed by atoms with Crippen molar-refractivity contribution in [2.24, 2.45) is 11.1 Å². The molecule has 0 aliphatic heterocycles. The second-order valence-electron chi connectivity index (χ2n) is 6.18. The Balaban J connectivity index is 3.04. The molecule has 0 aromatic heterocycles. The average Bonchev–Trinajstić information content (AvgIpc) is 2.31. The van der Waals surface area contributed by atoms with Crippen LogP contribution in [-0.2, 0) is 5.41 Å². The van der Waals surface area contributed by atoms with Crippen molar-refractivity contribution in [2.45, 2.75) is 39.0 Å². The number of halogens is 1. The minimum atomic E-state index is -0.668. The van der Waals surface area contributed by atoms with Crippen LogP contribution in [0.25, 0.3) is 0 Å². The lowest BCUT2D eigenvalue weighted by Crippen LogP contribution is -2.40. The van der Waals surface area contributed by atoms with E-state index in [1.54, 1.807) is 18.2 Å². The molecule has 0 radical (unpaired) electrons. The maximum Gasteiger partial charge on any atom is 0.127 e. The lowest BCUT2D eigenvalue weighted by atomic mass is 9.73. The van der Waals surface area contributed by atoms with Crippen LogP contribution in [0.1, 0.15) is 39.2 Å². The second-order valence-corrected chi connectivity index (χ2v) is 6.18. The SMILES string of the molecule is CC(C)(C)CCC(CN)(CO)c1ccccc1F. The first-order valence-electron chi connectivity index (χ1n) is 6.41. The number of nitrogens with two attached hydrogens (primary N) is 1. The molecule has 0 bridgehead atoms. The van der Waals surface area contributed by atoms with Gasteiger partial charge in [0.2, 0.25) is 0 Å². The summed E-state index contributed by atoms with van der Waals surface area (Å²) < 4.78 is 13.9. The first kappa shape index (κ1) is 15.1. The fourth-order valence-electron chi connectivity index (χ4n) is 2.08. The molecule has 2 nitrogen and oxygen atoms in total. The molecule has 0 aliphatic rings. The minimum Gasteiger partial charge on any atom is -0.395 e. The summed E-state index contributed by atoms with van der Waals surface area (Å²) in [7, 11) is 0. The normalized spacial score (nSPS) is 15.4. The maximum absolute atomic E-state index is 13.9. The molecular formula is C15H24FNO. The highest BCUT2D eigenvalue weighted by Crippen LogP contribution is 2.34. The van der Waals surface area contributed by atoms with E-state index in [9.17, 15) is 9.50 Å². The number of rotatable bonds is 5. The number of hydrogen-bond donors (Lipinski definition) is 2. The van der Waals surface area contributed by atoms with Gasteiger partial charge in [-0.25, -0.2) is 4.39 Å². The molecule has 3 heteroatoms. The molecule has 0 heterocycles. The highest BCUT2D eigenvalue weighted by Gasteiger charge is 2.33. The largest absolute Gasteiger partial charge is 0.395 e. The lowest BCUT2D eigenvalue weighted by Gasteiger charge is -2.34. The van der Waals surface area contributed by atoms with Gasteiger partial charge in [-0.15, -0.1) is 0 Å². The van der Waals surface area contributed by atoms with Crippen LogP contribution >= 0.6 is 0 Å². The van der Waals surface area contributed by atoms with E-state index < -0.39 is 5.41 Å². The van der Waals surface area contributed by atoms with Gasteiger partial charge in [0.15, 0.2) is 0 Å². The number of benzene rings is 1. The van der Waals surface area contributed by atoms with E-state index in [2.05, 4.69) is 20.8 Å². The molecule has 102 valence electrons. The number of aliphatic hydroxyl groups is 1. The van der Waals surface area contributed by atoms with Gasteiger partial charge in [-0.1, -0.05) is 39.0 Å². The Morgan fingerprint density at radius 1 is 1.17 bits per heavy atom. The first-order valence-corrected chi connectivity index (χ1v) is 6.41. The number of hydrogen-bond acceptors (Lipinski definition) is 2. The zero-order chi connectivity index (χ0) is 13.8. The molecule has 1 atom stereocenters. The molecule has 0 saturated carbocycles. The molecule has 18 heavy (non-hydrogen) atoms. The van der Waals surface area contributed by atoms with Gasteiger partial charge >= 0.3 is 0 Å². The van der Waals surface area contributed by atoms with Crippen LogP contribution in [0.3, 0.4) is 0 Å². The summed E-state index contributed by atoms with van der Waals surface area (Å²) in [6.45, 7) is 6.52. The summed E-state index contributed by atoms with van der Waals surface area (Å²) >= 11 is 0. The summed E-state index contributed by atoms with van der Waals surface area (Å²) in [5.41, 5.74) is 5.82. The summed E-state index contributed by atoms with van der Waals surface area (Å²) in [5.74, 6) is -0.286. The van der Waals surface area contributed by atoms with Crippen molar-refractivity contribution >= 4 is 0 Å². The molecule has 1 aromatic carbocycles. The van der Waals surface area contributed by atoms with E-state index in [1.165, 1.54) is 6.07 Å². The first-order chi connectivity index (χ1) is 8.34. The van der Waals surface area contributed by atoms with Crippen LogP contribution < -0.4 is 5.73 Å². The summed E-state index contributed by atoms with van der Waals surface area (Å²) in [4.78, 5) is 0. The highest BCUT2D eigenvalue weighted by molar-refractivity contribution is 5.28. The molecule has 0 saturated heterocycles. The van der Waals surface area contributed by atoms with Gasteiger partial charge in [-0.05, 0) is 29.9 Å². The predicted molar refractivity (Wildman–Crippen MR) is 72.9 cm³/mol. The molecule has 1 aromatic rings. The summed E-state index contributed by atoms with van der Waals surface area (Å²) in [5, 5.41) is 9.70. The molecule has 3 N–H and O–H groups in total. The zero-order valence-corrected chi connectivity index (χ0v) is 11.5. The van der Waals surface area contributed by atoms with Crippen LogP contribution in [0.5, 0.6) is 0 Å². The van der Waals surface area contributed by atoms with Gasteiger partial charge in [0.25, 0.3) is 0 Å². The zero-order valence-electron chi connectivity index (χ0n) is 11.5. The minimum absolute atomic E-state index is 0.124. The Morgan fingerprint density at radius 3 is 2.22 bits per heavy atom. The quantitative estimate of drug-likeness (QED) is 0.847. The average molecular weight is 253 g/mol. The van der Waals surface area contributed by atoms with Crippen molar-refractivity contribution in [2.75, 3.05) is 13.2 Å². The Labute approximate surface area is 109 Å². The Bertz CT molecular complexity index is 380. The fraction of sp³-hybridized carbons (Fsp3) is 0.600. The van der Waals surface area contributed by atoms with Crippen LogP contribution in [0, 0.1) is 11.2 Å². The van der Waals surface area contributed by atoms with E-state index in [4.69, 9.17) is 5.73 Å². The van der Waals surface area contributed by atoms with Gasteiger partial charge in [0.1, 0.15) is 5.82 Å². The Kier molecular flexibility index (Phi) is 4.88. The van der Waals surface area contributed by atoms with Crippen LogP contribution in [0.4, 0.5) is 4.39 Å². The molecule has 0 spiro atoms. The molecule has 1 unspecified atom stereocenters. The molecule has 0 amide bonds. The molecular weight excluding hydrogens is 229 g/mol. The maximum atomic E-state index is 13.9. The van der Waals surface area contributed by atoms with E-state index in [0.717, 1.165) is 6.42 Å². The van der Waals surface area contributed by atoms with E-state index in [1.807, 2.05) is 0 Å². The Hall–Kier alpha value is -0.930. The van der Waals surface area contributed by atoms with Crippen LogP contribution in [0.15, 0.2) is 24.3 Å². The van der Waals surface area contributed by atoms with Gasteiger partial charge in [-0.2, -0.15) is 0 Å². The van der Waals surface area contributed by atoms with Crippen LogP contribution in [0.2, 0.25) is 0 Å². The Morgan fingerprint density at radius 2 is 1.78 bits per heavy atom. The topological polar surface area (TPSA) is 46.2 Å². The summed E-state index contributed by atoms with van der Waals surface area (Å²) in [6, 6.07) is 6.59. The van der Waals surface area contributed by atoms with Gasteiger partial charge < -0.3 is 10.8 Å². The highest BCUT2D eigenvalue weighted by atomic mass is 19.1. The fourth-order valence-corrected chi connectivity index (χ4v) is 2.08. The smallest absolute Gasteiger partial charge is 0.127 e. The molecule has 1 rings (SSSR count). The lowest BCUT2D eigenvalue weighted by molar-refractivity contribution is 0.167. The van der Waals surface area contributed by atoms with Gasteiger partial charge in [-0.3, -0.25) is 0 Å².